The van der Waals surface area contributed by atoms with Crippen LogP contribution >= 0.6 is 11.8 Å². The van der Waals surface area contributed by atoms with Gasteiger partial charge >= 0.3 is 0 Å². The van der Waals surface area contributed by atoms with Gasteiger partial charge in [0, 0.05) is 18.6 Å². The van der Waals surface area contributed by atoms with Crippen LogP contribution in [0.25, 0.3) is 11.0 Å². The molecule has 3 N–H and O–H groups in total. The lowest BCUT2D eigenvalue weighted by atomic mass is 9.85. The van der Waals surface area contributed by atoms with E-state index in [9.17, 15) is 9.90 Å². The Morgan fingerprint density at radius 1 is 1.42 bits per heavy atom. The van der Waals surface area contributed by atoms with Gasteiger partial charge in [-0.1, -0.05) is 25.0 Å². The Morgan fingerprint density at radius 3 is 3.00 bits per heavy atom. The van der Waals surface area contributed by atoms with Crippen molar-refractivity contribution in [3.8, 4) is 0 Å². The normalized spacial score (nSPS) is 22.4. The monoisotopic (exact) mass is 347 g/mol. The van der Waals surface area contributed by atoms with E-state index in [1.807, 2.05) is 24.3 Å². The summed E-state index contributed by atoms with van der Waals surface area (Å²) in [6, 6.07) is 8.07. The lowest BCUT2D eigenvalue weighted by molar-refractivity contribution is -0.120. The van der Waals surface area contributed by atoms with Crippen molar-refractivity contribution in [1.29, 1.82) is 0 Å². The molecule has 5 nitrogen and oxygen atoms in total. The van der Waals surface area contributed by atoms with Crippen LogP contribution in [0.5, 0.6) is 0 Å². The predicted molar refractivity (Wildman–Crippen MR) is 97.9 cm³/mol. The van der Waals surface area contributed by atoms with Gasteiger partial charge in [-0.15, -0.1) is 11.8 Å². The van der Waals surface area contributed by atoms with E-state index in [-0.39, 0.29) is 29.7 Å². The van der Waals surface area contributed by atoms with Crippen molar-refractivity contribution in [2.24, 2.45) is 5.92 Å². The molecule has 1 saturated carbocycles. The molecule has 1 aliphatic rings. The van der Waals surface area contributed by atoms with E-state index in [0.29, 0.717) is 5.75 Å². The van der Waals surface area contributed by atoms with Gasteiger partial charge in [0.15, 0.2) is 0 Å². The number of para-hydroxylation sites is 2. The van der Waals surface area contributed by atoms with Gasteiger partial charge < -0.3 is 15.4 Å². The van der Waals surface area contributed by atoms with Crippen molar-refractivity contribution < 1.29 is 9.90 Å². The van der Waals surface area contributed by atoms with Crippen molar-refractivity contribution >= 4 is 28.7 Å². The molecule has 3 unspecified atom stereocenters. The molecule has 1 aromatic carbocycles. The zero-order valence-electron chi connectivity index (χ0n) is 14.0. The minimum absolute atomic E-state index is 0.0494. The summed E-state index contributed by atoms with van der Waals surface area (Å²) in [7, 11) is 0. The molecular formula is C18H25N3O2S. The number of nitrogens with zero attached hydrogens (tertiary/aromatic N) is 1. The second kappa shape index (κ2) is 8.03. The molecule has 0 radical (unpaired) electrons. The first kappa shape index (κ1) is 17.3. The van der Waals surface area contributed by atoms with Gasteiger partial charge in [-0.25, -0.2) is 4.98 Å². The molecule has 3 rings (SSSR count). The zero-order valence-corrected chi connectivity index (χ0v) is 14.8. The summed E-state index contributed by atoms with van der Waals surface area (Å²) in [5.74, 6) is 1.57. The Hall–Kier alpha value is -1.53. The van der Waals surface area contributed by atoms with Gasteiger partial charge in [-0.05, 0) is 31.9 Å². The third-order valence-electron chi connectivity index (χ3n) is 4.75. The number of hydrogen-bond donors (Lipinski definition) is 3. The number of benzene rings is 1. The Balaban J connectivity index is 1.51. The number of thioether (sulfide) groups is 1. The quantitative estimate of drug-likeness (QED) is 0.750. The van der Waals surface area contributed by atoms with E-state index in [2.05, 4.69) is 22.2 Å². The maximum Gasteiger partial charge on any atom is 0.230 e. The Bertz CT molecular complexity index is 655. The number of hydrogen-bond acceptors (Lipinski definition) is 4. The Morgan fingerprint density at radius 2 is 2.21 bits per heavy atom. The Labute approximate surface area is 146 Å². The van der Waals surface area contributed by atoms with Crippen LogP contribution in [-0.2, 0) is 4.79 Å². The molecular weight excluding hydrogens is 322 g/mol. The highest BCUT2D eigenvalue weighted by Crippen LogP contribution is 2.28. The smallest absolute Gasteiger partial charge is 0.230 e. The number of imidazole rings is 1. The molecule has 0 spiro atoms. The molecule has 1 amide bonds. The number of nitrogens with one attached hydrogen (secondary N) is 2. The minimum atomic E-state index is 0.0494. The topological polar surface area (TPSA) is 78.0 Å². The molecule has 3 atom stereocenters. The van der Waals surface area contributed by atoms with Crippen LogP contribution in [-0.4, -0.2) is 39.4 Å². The van der Waals surface area contributed by atoms with Crippen LogP contribution in [0.3, 0.4) is 0 Å². The minimum Gasteiger partial charge on any atom is -0.396 e. The number of carbonyl (C=O) groups excluding carboxylic acids is 1. The van der Waals surface area contributed by atoms with E-state index in [1.54, 1.807) is 11.8 Å². The lowest BCUT2D eigenvalue weighted by Gasteiger charge is -2.30. The molecule has 2 aromatic rings. The van der Waals surface area contributed by atoms with E-state index >= 15 is 0 Å². The van der Waals surface area contributed by atoms with Crippen LogP contribution in [0.4, 0.5) is 0 Å². The van der Waals surface area contributed by atoms with E-state index in [1.165, 1.54) is 0 Å². The predicted octanol–water partition coefficient (Wildman–Crippen LogP) is 3.02. The summed E-state index contributed by atoms with van der Waals surface area (Å²) in [6.45, 7) is 2.22. The maximum absolute atomic E-state index is 12.2. The van der Waals surface area contributed by atoms with Crippen molar-refractivity contribution in [2.45, 2.75) is 43.9 Å². The number of rotatable bonds is 6. The molecule has 0 saturated heterocycles. The summed E-state index contributed by atoms with van der Waals surface area (Å²) in [5.41, 5.74) is 1.98. The maximum atomic E-state index is 12.2. The van der Waals surface area contributed by atoms with E-state index < -0.39 is 0 Å². The van der Waals surface area contributed by atoms with Crippen molar-refractivity contribution in [2.75, 3.05) is 12.4 Å². The fourth-order valence-electron chi connectivity index (χ4n) is 3.31. The van der Waals surface area contributed by atoms with Crippen molar-refractivity contribution in [3.63, 3.8) is 0 Å². The van der Waals surface area contributed by atoms with E-state index in [0.717, 1.165) is 42.5 Å². The number of aromatic amines is 1. The molecule has 0 bridgehead atoms. The number of H-pyrrole nitrogens is 1. The second-order valence-corrected chi connectivity index (χ2v) is 7.82. The van der Waals surface area contributed by atoms with Crippen LogP contribution in [0.1, 0.15) is 43.7 Å². The first-order chi connectivity index (χ1) is 11.7. The summed E-state index contributed by atoms with van der Waals surface area (Å²) in [5, 5.41) is 12.7. The number of fused-ring (bicyclic) bond motifs is 1. The summed E-state index contributed by atoms with van der Waals surface area (Å²) in [6.07, 6.45) is 4.25. The van der Waals surface area contributed by atoms with Gasteiger partial charge in [-0.3, -0.25) is 4.79 Å². The van der Waals surface area contributed by atoms with Crippen LogP contribution < -0.4 is 5.32 Å². The fourth-order valence-corrected chi connectivity index (χ4v) is 4.06. The number of aromatic nitrogens is 2. The number of aliphatic hydroxyl groups excluding tert-OH is 1. The molecule has 1 aromatic heterocycles. The molecule has 130 valence electrons. The van der Waals surface area contributed by atoms with Gasteiger partial charge in [0.25, 0.3) is 0 Å². The van der Waals surface area contributed by atoms with Gasteiger partial charge in [-0.2, -0.15) is 0 Å². The highest BCUT2D eigenvalue weighted by molar-refractivity contribution is 8.00. The average Bonchev–Trinajstić information content (AvgIpc) is 3.04. The third-order valence-corrected chi connectivity index (χ3v) is 5.90. The van der Waals surface area contributed by atoms with Crippen molar-refractivity contribution in [1.82, 2.24) is 15.3 Å². The number of amides is 1. The highest BCUT2D eigenvalue weighted by atomic mass is 32.2. The highest BCUT2D eigenvalue weighted by Gasteiger charge is 2.26. The second-order valence-electron chi connectivity index (χ2n) is 6.49. The molecule has 6 heteroatoms. The van der Waals surface area contributed by atoms with E-state index in [4.69, 9.17) is 0 Å². The first-order valence-corrected chi connectivity index (χ1v) is 9.68. The van der Waals surface area contributed by atoms with Crippen LogP contribution in [0.15, 0.2) is 24.3 Å². The molecule has 1 aliphatic carbocycles. The SMILES string of the molecule is CC(SCC(=O)NC1CCCCC1CO)c1nc2ccccc2[nH]1. The Kier molecular flexibility index (Phi) is 5.79. The zero-order chi connectivity index (χ0) is 16.9. The molecule has 1 heterocycles. The van der Waals surface area contributed by atoms with Gasteiger partial charge in [0.05, 0.1) is 22.0 Å². The van der Waals surface area contributed by atoms with Gasteiger partial charge in [0.2, 0.25) is 5.91 Å². The molecule has 1 fully saturated rings. The summed E-state index contributed by atoms with van der Waals surface area (Å²) < 4.78 is 0. The summed E-state index contributed by atoms with van der Waals surface area (Å²) >= 11 is 1.58. The van der Waals surface area contributed by atoms with Crippen LogP contribution in [0, 0.1) is 5.92 Å². The average molecular weight is 347 g/mol. The number of carbonyl (C=O) groups is 1. The third kappa shape index (κ3) is 4.11. The lowest BCUT2D eigenvalue weighted by Crippen LogP contribution is -2.44. The molecule has 24 heavy (non-hydrogen) atoms. The first-order valence-electron chi connectivity index (χ1n) is 8.64. The summed E-state index contributed by atoms with van der Waals surface area (Å²) in [4.78, 5) is 20.1. The standard InChI is InChI=1S/C18H25N3O2S/c1-12(18-20-15-8-4-5-9-16(15)21-18)24-11-17(23)19-14-7-3-2-6-13(14)10-22/h4-5,8-9,12-14,22H,2-3,6-7,10-11H2,1H3,(H,19,23)(H,20,21). The largest absolute Gasteiger partial charge is 0.396 e. The van der Waals surface area contributed by atoms with Crippen molar-refractivity contribution in [3.05, 3.63) is 30.1 Å². The number of aliphatic hydroxyl groups is 1. The molecule has 0 aliphatic heterocycles. The van der Waals surface area contributed by atoms with Crippen LogP contribution in [0.2, 0.25) is 0 Å². The van der Waals surface area contributed by atoms with Gasteiger partial charge in [0.1, 0.15) is 5.82 Å². The fraction of sp³-hybridized carbons (Fsp3) is 0.556.